The molecule has 1 saturated carbocycles. The lowest BCUT2D eigenvalue weighted by Gasteiger charge is -2.09. The first-order valence-corrected chi connectivity index (χ1v) is 4.84. The second-order valence-corrected chi connectivity index (χ2v) is 3.78. The van der Waals surface area contributed by atoms with Crippen LogP contribution in [0.1, 0.15) is 18.4 Å². The van der Waals surface area contributed by atoms with Crippen LogP contribution in [0, 0.1) is 12.8 Å². The Morgan fingerprint density at radius 2 is 2.21 bits per heavy atom. The van der Waals surface area contributed by atoms with E-state index in [0.29, 0.717) is 0 Å². The molecule has 0 bridgehead atoms. The van der Waals surface area contributed by atoms with Gasteiger partial charge in [0, 0.05) is 17.3 Å². The van der Waals surface area contributed by atoms with Crippen LogP contribution in [0.2, 0.25) is 0 Å². The molecule has 0 spiro atoms. The van der Waals surface area contributed by atoms with Crippen LogP contribution in [-0.2, 0) is 4.79 Å². The highest BCUT2D eigenvalue weighted by Gasteiger charge is 2.29. The number of benzene rings is 1. The SMILES string of the molecule is Cc1c(N)cccc1NC(=O)C1CC1. The van der Waals surface area contributed by atoms with Gasteiger partial charge in [0.05, 0.1) is 0 Å². The lowest BCUT2D eigenvalue weighted by molar-refractivity contribution is -0.117. The molecule has 0 aromatic heterocycles. The number of rotatable bonds is 2. The summed E-state index contributed by atoms with van der Waals surface area (Å²) < 4.78 is 0. The number of nitrogens with one attached hydrogen (secondary N) is 1. The Morgan fingerprint density at radius 3 is 2.86 bits per heavy atom. The van der Waals surface area contributed by atoms with Gasteiger partial charge in [-0.05, 0) is 37.5 Å². The lowest BCUT2D eigenvalue weighted by Crippen LogP contribution is -2.14. The average molecular weight is 190 g/mol. The minimum atomic E-state index is 0.124. The first-order valence-electron chi connectivity index (χ1n) is 4.84. The van der Waals surface area contributed by atoms with Gasteiger partial charge in [-0.1, -0.05) is 6.07 Å². The van der Waals surface area contributed by atoms with E-state index in [4.69, 9.17) is 5.73 Å². The Balaban J connectivity index is 2.15. The molecule has 0 saturated heterocycles. The number of carbonyl (C=O) groups is 1. The van der Waals surface area contributed by atoms with E-state index in [1.54, 1.807) is 0 Å². The van der Waals surface area contributed by atoms with Crippen LogP contribution in [0.4, 0.5) is 11.4 Å². The van der Waals surface area contributed by atoms with Gasteiger partial charge in [0.15, 0.2) is 0 Å². The third kappa shape index (κ3) is 1.71. The van der Waals surface area contributed by atoms with E-state index in [2.05, 4.69) is 5.32 Å². The number of anilines is 2. The van der Waals surface area contributed by atoms with E-state index in [-0.39, 0.29) is 11.8 Å². The largest absolute Gasteiger partial charge is 0.398 e. The van der Waals surface area contributed by atoms with Gasteiger partial charge in [-0.15, -0.1) is 0 Å². The first kappa shape index (κ1) is 9.06. The number of amides is 1. The molecule has 1 aliphatic rings. The van der Waals surface area contributed by atoms with Crippen molar-refractivity contribution in [2.24, 2.45) is 5.92 Å². The molecule has 0 aliphatic heterocycles. The zero-order chi connectivity index (χ0) is 10.1. The molecule has 1 aromatic rings. The number of hydrogen-bond acceptors (Lipinski definition) is 2. The molecule has 14 heavy (non-hydrogen) atoms. The minimum absolute atomic E-state index is 0.124. The van der Waals surface area contributed by atoms with Gasteiger partial charge < -0.3 is 11.1 Å². The van der Waals surface area contributed by atoms with Gasteiger partial charge in [-0.2, -0.15) is 0 Å². The number of hydrogen-bond donors (Lipinski definition) is 2. The second kappa shape index (κ2) is 3.33. The maximum Gasteiger partial charge on any atom is 0.227 e. The van der Waals surface area contributed by atoms with Gasteiger partial charge in [0.2, 0.25) is 5.91 Å². The summed E-state index contributed by atoms with van der Waals surface area (Å²) in [7, 11) is 0. The Bertz CT molecular complexity index is 370. The highest BCUT2D eigenvalue weighted by atomic mass is 16.2. The van der Waals surface area contributed by atoms with Crippen LogP contribution in [-0.4, -0.2) is 5.91 Å². The standard InChI is InChI=1S/C11H14N2O/c1-7-9(12)3-2-4-10(7)13-11(14)8-5-6-8/h2-4,8H,5-6,12H2,1H3,(H,13,14). The fraction of sp³-hybridized carbons (Fsp3) is 0.364. The second-order valence-electron chi connectivity index (χ2n) is 3.78. The van der Waals surface area contributed by atoms with Crippen molar-refractivity contribution in [2.75, 3.05) is 11.1 Å². The molecule has 74 valence electrons. The molecule has 3 N–H and O–H groups in total. The van der Waals surface area contributed by atoms with Crippen molar-refractivity contribution in [3.8, 4) is 0 Å². The van der Waals surface area contributed by atoms with E-state index < -0.39 is 0 Å². The fourth-order valence-corrected chi connectivity index (χ4v) is 1.37. The zero-order valence-electron chi connectivity index (χ0n) is 8.21. The number of nitrogen functional groups attached to an aromatic ring is 1. The molecule has 0 radical (unpaired) electrons. The smallest absolute Gasteiger partial charge is 0.227 e. The molecule has 1 fully saturated rings. The predicted molar refractivity (Wildman–Crippen MR) is 56.9 cm³/mol. The lowest BCUT2D eigenvalue weighted by atomic mass is 10.1. The normalized spacial score (nSPS) is 15.2. The third-order valence-electron chi connectivity index (χ3n) is 2.58. The van der Waals surface area contributed by atoms with Crippen molar-refractivity contribution in [3.05, 3.63) is 23.8 Å². The van der Waals surface area contributed by atoms with Crippen molar-refractivity contribution in [3.63, 3.8) is 0 Å². The predicted octanol–water partition coefficient (Wildman–Crippen LogP) is 1.93. The third-order valence-corrected chi connectivity index (χ3v) is 2.58. The Hall–Kier alpha value is -1.51. The van der Waals surface area contributed by atoms with E-state index in [1.165, 1.54) is 0 Å². The van der Waals surface area contributed by atoms with Crippen molar-refractivity contribution >= 4 is 17.3 Å². The van der Waals surface area contributed by atoms with Gasteiger partial charge >= 0.3 is 0 Å². The summed E-state index contributed by atoms with van der Waals surface area (Å²) in [5.74, 6) is 0.356. The summed E-state index contributed by atoms with van der Waals surface area (Å²) in [6.07, 6.45) is 2.04. The highest BCUT2D eigenvalue weighted by Crippen LogP contribution is 2.31. The molecule has 1 aliphatic carbocycles. The van der Waals surface area contributed by atoms with Crippen molar-refractivity contribution in [2.45, 2.75) is 19.8 Å². The van der Waals surface area contributed by atoms with Crippen molar-refractivity contribution in [1.82, 2.24) is 0 Å². The van der Waals surface area contributed by atoms with Crippen LogP contribution < -0.4 is 11.1 Å². The number of carbonyl (C=O) groups excluding carboxylic acids is 1. The fourth-order valence-electron chi connectivity index (χ4n) is 1.37. The molecule has 0 heterocycles. The van der Waals surface area contributed by atoms with Crippen LogP contribution >= 0.6 is 0 Å². The summed E-state index contributed by atoms with van der Waals surface area (Å²) in [4.78, 5) is 11.5. The Kier molecular flexibility index (Phi) is 2.15. The maximum atomic E-state index is 11.5. The maximum absolute atomic E-state index is 11.5. The molecule has 2 rings (SSSR count). The topological polar surface area (TPSA) is 55.1 Å². The van der Waals surface area contributed by atoms with E-state index in [1.807, 2.05) is 25.1 Å². The number of nitrogens with two attached hydrogens (primary N) is 1. The Labute approximate surface area is 83.3 Å². The van der Waals surface area contributed by atoms with E-state index in [9.17, 15) is 4.79 Å². The average Bonchev–Trinajstić information content (AvgIpc) is 2.95. The van der Waals surface area contributed by atoms with E-state index in [0.717, 1.165) is 29.8 Å². The van der Waals surface area contributed by atoms with Gasteiger partial charge in [0.1, 0.15) is 0 Å². The zero-order valence-corrected chi connectivity index (χ0v) is 8.21. The van der Waals surface area contributed by atoms with E-state index >= 15 is 0 Å². The van der Waals surface area contributed by atoms with Crippen LogP contribution in [0.15, 0.2) is 18.2 Å². The van der Waals surface area contributed by atoms with Crippen molar-refractivity contribution in [1.29, 1.82) is 0 Å². The van der Waals surface area contributed by atoms with Gasteiger partial charge in [-0.3, -0.25) is 4.79 Å². The van der Waals surface area contributed by atoms with Gasteiger partial charge in [-0.25, -0.2) is 0 Å². The van der Waals surface area contributed by atoms with Gasteiger partial charge in [0.25, 0.3) is 0 Å². The molecule has 1 amide bonds. The first-order chi connectivity index (χ1) is 6.68. The molecule has 3 nitrogen and oxygen atoms in total. The Morgan fingerprint density at radius 1 is 1.50 bits per heavy atom. The minimum Gasteiger partial charge on any atom is -0.398 e. The van der Waals surface area contributed by atoms with Crippen LogP contribution in [0.5, 0.6) is 0 Å². The highest BCUT2D eigenvalue weighted by molar-refractivity contribution is 5.95. The monoisotopic (exact) mass is 190 g/mol. The van der Waals surface area contributed by atoms with Crippen molar-refractivity contribution < 1.29 is 4.79 Å². The molecule has 0 atom stereocenters. The summed E-state index contributed by atoms with van der Waals surface area (Å²) in [5, 5.41) is 2.89. The molecule has 1 aromatic carbocycles. The molecule has 3 heteroatoms. The quantitative estimate of drug-likeness (QED) is 0.700. The summed E-state index contributed by atoms with van der Waals surface area (Å²) in [5.41, 5.74) is 8.24. The van der Waals surface area contributed by atoms with Crippen LogP contribution in [0.25, 0.3) is 0 Å². The van der Waals surface area contributed by atoms with Crippen LogP contribution in [0.3, 0.4) is 0 Å². The summed E-state index contributed by atoms with van der Waals surface area (Å²) >= 11 is 0. The molecular formula is C11H14N2O. The molecular weight excluding hydrogens is 176 g/mol. The summed E-state index contributed by atoms with van der Waals surface area (Å²) in [6, 6.07) is 5.57. The molecule has 0 unspecified atom stereocenters. The summed E-state index contributed by atoms with van der Waals surface area (Å²) in [6.45, 7) is 1.91.